The molecular weight excluding hydrogens is 527 g/mol. The van der Waals surface area contributed by atoms with E-state index in [0.29, 0.717) is 36.5 Å². The second-order valence-corrected chi connectivity index (χ2v) is 10.1. The molecule has 1 spiro atoms. The summed E-state index contributed by atoms with van der Waals surface area (Å²) in [7, 11) is 3.59. The van der Waals surface area contributed by atoms with Gasteiger partial charge in [-0.25, -0.2) is 9.59 Å². The topological polar surface area (TPSA) is 132 Å². The fraction of sp³-hybridized carbons (Fsp3) is 0.577. The number of carbonyl (C=O) groups excluding carboxylic acids is 3. The highest BCUT2D eigenvalue weighted by Crippen LogP contribution is 2.65. The molecule has 2 aliphatic carbocycles. The quantitative estimate of drug-likeness (QED) is 0.406. The van der Waals surface area contributed by atoms with Crippen molar-refractivity contribution < 1.29 is 56.7 Å². The van der Waals surface area contributed by atoms with Gasteiger partial charge >= 0.3 is 18.1 Å². The van der Waals surface area contributed by atoms with Gasteiger partial charge in [-0.1, -0.05) is 6.07 Å². The van der Waals surface area contributed by atoms with Gasteiger partial charge in [-0.15, -0.1) is 0 Å². The van der Waals surface area contributed by atoms with Gasteiger partial charge in [-0.05, 0) is 58.0 Å². The van der Waals surface area contributed by atoms with Gasteiger partial charge in [0.1, 0.15) is 11.9 Å². The molecule has 1 saturated heterocycles. The third kappa shape index (κ3) is 4.66. The summed E-state index contributed by atoms with van der Waals surface area (Å²) in [6.45, 7) is 3.41. The second kappa shape index (κ2) is 10.1. The second-order valence-electron chi connectivity index (χ2n) is 10.1. The Kier molecular flexibility index (Phi) is 7.47. The van der Waals surface area contributed by atoms with E-state index in [1.54, 1.807) is 13.2 Å². The minimum atomic E-state index is -4.64. The average molecular weight is 558 g/mol. The fourth-order valence-corrected chi connectivity index (χ4v) is 6.11. The Labute approximate surface area is 222 Å². The maximum Gasteiger partial charge on any atom is 0.446 e. The molecule has 1 aromatic rings. The number of likely N-dealkylation sites (tertiary alicyclic amines) is 1. The number of nitrogens with zero attached hydrogens (tertiary/aromatic N) is 1. The van der Waals surface area contributed by atoms with Gasteiger partial charge < -0.3 is 34.1 Å². The molecule has 39 heavy (non-hydrogen) atoms. The number of hydrogen-bond donors (Lipinski definition) is 2. The number of hydrogen-bond acceptors (Lipinski definition) is 10. The molecule has 0 saturated carbocycles. The minimum Gasteiger partial charge on any atom is -0.493 e. The number of carbonyl (C=O) groups is 3. The maximum absolute atomic E-state index is 12.7. The number of aliphatic hydroxyl groups is 2. The molecule has 10 nitrogen and oxygen atoms in total. The maximum atomic E-state index is 12.7. The molecule has 0 unspecified atom stereocenters. The molecule has 2 bridgehead atoms. The van der Waals surface area contributed by atoms with Crippen LogP contribution >= 0.6 is 0 Å². The third-order valence-corrected chi connectivity index (χ3v) is 7.88. The van der Waals surface area contributed by atoms with E-state index in [4.69, 9.17) is 23.7 Å². The lowest BCUT2D eigenvalue weighted by Gasteiger charge is -2.61. The van der Waals surface area contributed by atoms with Crippen LogP contribution in [0.25, 0.3) is 0 Å². The summed E-state index contributed by atoms with van der Waals surface area (Å²) in [6, 6.07) is 3.79. The first kappa shape index (κ1) is 28.8. The van der Waals surface area contributed by atoms with Crippen molar-refractivity contribution in [3.05, 3.63) is 35.1 Å². The van der Waals surface area contributed by atoms with E-state index in [-0.39, 0.29) is 6.04 Å². The molecule has 1 aromatic carbocycles. The highest BCUT2D eigenvalue weighted by molar-refractivity contribution is 5.81. The van der Waals surface area contributed by atoms with Gasteiger partial charge in [-0.3, -0.25) is 4.79 Å². The molecule has 0 amide bonds. The number of ether oxygens (including phenoxy) is 4. The Morgan fingerprint density at radius 2 is 1.92 bits per heavy atom. The number of halogens is 3. The van der Waals surface area contributed by atoms with Crippen LogP contribution < -0.4 is 9.47 Å². The lowest BCUT2D eigenvalue weighted by molar-refractivity contribution is -0.177. The predicted molar refractivity (Wildman–Crippen MR) is 127 cm³/mol. The highest BCUT2D eigenvalue weighted by atomic mass is 19.4. The summed E-state index contributed by atoms with van der Waals surface area (Å²) < 4.78 is 53.9. The normalized spacial score (nSPS) is 29.8. The van der Waals surface area contributed by atoms with Crippen LogP contribution in [0.15, 0.2) is 24.0 Å². The van der Waals surface area contributed by atoms with E-state index in [9.17, 15) is 33.0 Å². The Morgan fingerprint density at radius 1 is 1.26 bits per heavy atom. The average Bonchev–Trinajstić information content (AvgIpc) is 3.23. The van der Waals surface area contributed by atoms with Gasteiger partial charge in [0.05, 0.1) is 18.1 Å². The van der Waals surface area contributed by atoms with Crippen molar-refractivity contribution >= 4 is 18.2 Å². The summed E-state index contributed by atoms with van der Waals surface area (Å²) in [6.07, 6.45) is -5.67. The number of esters is 2. The van der Waals surface area contributed by atoms with Gasteiger partial charge in [0.25, 0.3) is 0 Å². The van der Waals surface area contributed by atoms with E-state index < -0.39 is 53.7 Å². The Hall–Kier alpha value is -3.16. The van der Waals surface area contributed by atoms with Gasteiger partial charge in [0.15, 0.2) is 23.7 Å². The molecule has 2 N–H and O–H groups in total. The molecule has 4 aliphatic rings. The van der Waals surface area contributed by atoms with E-state index in [1.165, 1.54) is 13.8 Å². The Morgan fingerprint density at radius 3 is 2.51 bits per heavy atom. The summed E-state index contributed by atoms with van der Waals surface area (Å²) in [5, 5.41) is 21.5. The number of likely N-dealkylation sites (N-methyl/N-ethyl adjacent to an activating group) is 1. The molecule has 6 atom stereocenters. The number of rotatable bonds is 5. The van der Waals surface area contributed by atoms with Gasteiger partial charge in [0, 0.05) is 18.0 Å². The zero-order chi connectivity index (χ0) is 28.9. The molecule has 5 rings (SSSR count). The molecule has 2 aliphatic heterocycles. The van der Waals surface area contributed by atoms with Crippen LogP contribution in [0.1, 0.15) is 37.8 Å². The fourth-order valence-electron chi connectivity index (χ4n) is 6.11. The van der Waals surface area contributed by atoms with E-state index in [1.807, 2.05) is 19.2 Å². The van der Waals surface area contributed by atoms with E-state index in [2.05, 4.69) is 4.90 Å². The first-order valence-corrected chi connectivity index (χ1v) is 12.3. The predicted octanol–water partition coefficient (Wildman–Crippen LogP) is 1.58. The van der Waals surface area contributed by atoms with Gasteiger partial charge in [0.2, 0.25) is 6.29 Å². The minimum absolute atomic E-state index is 0.108. The SMILES string of the molecule is COc1ccc2c3c1O[C@H]1C(OC(=O)[C@H](C)OC(=O)[C@H](C)O)=CC[C@@]4(O)[C@@H](C2)N(C)CC[C@]314.O=CC(F)(F)F. The number of aliphatic hydroxyl groups excluding tert-OH is 1. The van der Waals surface area contributed by atoms with Crippen molar-refractivity contribution in [1.82, 2.24) is 4.90 Å². The lowest BCUT2D eigenvalue weighted by Crippen LogP contribution is -2.74. The summed E-state index contributed by atoms with van der Waals surface area (Å²) in [5.41, 5.74) is 0.149. The van der Waals surface area contributed by atoms with Crippen LogP contribution in [0.4, 0.5) is 13.2 Å². The zero-order valence-corrected chi connectivity index (χ0v) is 21.8. The van der Waals surface area contributed by atoms with Crippen LogP contribution in [0, 0.1) is 0 Å². The van der Waals surface area contributed by atoms with E-state index in [0.717, 1.165) is 17.7 Å². The molecule has 2 heterocycles. The first-order chi connectivity index (χ1) is 18.2. The Balaban J connectivity index is 0.000000531. The van der Waals surface area contributed by atoms with Crippen LogP contribution in [-0.2, 0) is 35.7 Å². The number of alkyl halides is 3. The van der Waals surface area contributed by atoms with Crippen molar-refractivity contribution in [2.75, 3.05) is 20.7 Å². The number of methoxy groups -OCH3 is 1. The molecule has 1 fully saturated rings. The number of benzene rings is 1. The molecular formula is C26H30F3NO9. The highest BCUT2D eigenvalue weighted by Gasteiger charge is 2.72. The van der Waals surface area contributed by atoms with Crippen LogP contribution in [0.3, 0.4) is 0 Å². The molecule has 13 heteroatoms. The van der Waals surface area contributed by atoms with Crippen LogP contribution in [0.5, 0.6) is 11.5 Å². The summed E-state index contributed by atoms with van der Waals surface area (Å²) in [4.78, 5) is 35.3. The third-order valence-electron chi connectivity index (χ3n) is 7.88. The monoisotopic (exact) mass is 557 g/mol. The zero-order valence-electron chi connectivity index (χ0n) is 21.8. The standard InChI is InChI=1S/C24H29NO8.C2HF3O/c1-12(26)21(27)31-13(2)22(28)32-16-7-8-24(29)17-11-14-5-6-15(30-4)19-18(14)23(24,20(16)33-19)9-10-25(17)3;3-2(4,5)1-6/h5-7,12-13,17,20,26,29H,8-11H2,1-4H3;1H/t12-,13-,17+,20-,23-,24+;/m0./s1. The molecule has 0 aromatic heterocycles. The van der Waals surface area contributed by atoms with Gasteiger partial charge in [-0.2, -0.15) is 13.2 Å². The van der Waals surface area contributed by atoms with Crippen molar-refractivity contribution in [2.24, 2.45) is 0 Å². The molecule has 0 radical (unpaired) electrons. The van der Waals surface area contributed by atoms with Crippen LogP contribution in [0.2, 0.25) is 0 Å². The lowest BCUT2D eigenvalue weighted by atomic mass is 9.50. The van der Waals surface area contributed by atoms with Crippen molar-refractivity contribution in [2.45, 2.75) is 74.7 Å². The largest absolute Gasteiger partial charge is 0.493 e. The number of piperidine rings is 1. The summed E-state index contributed by atoms with van der Waals surface area (Å²) >= 11 is 0. The van der Waals surface area contributed by atoms with Crippen molar-refractivity contribution in [3.8, 4) is 11.5 Å². The number of aldehydes is 1. The van der Waals surface area contributed by atoms with E-state index >= 15 is 0 Å². The molecule has 214 valence electrons. The van der Waals surface area contributed by atoms with Crippen molar-refractivity contribution in [3.63, 3.8) is 0 Å². The van der Waals surface area contributed by atoms with Crippen molar-refractivity contribution in [1.29, 1.82) is 0 Å². The van der Waals surface area contributed by atoms with Crippen LogP contribution in [-0.4, -0.2) is 90.2 Å². The first-order valence-electron chi connectivity index (χ1n) is 12.3. The Bertz CT molecular complexity index is 1200. The summed E-state index contributed by atoms with van der Waals surface area (Å²) in [5.74, 6) is -0.237. The smallest absolute Gasteiger partial charge is 0.446 e.